The number of ether oxygens (including phenoxy) is 2. The molecule has 0 bridgehead atoms. The van der Waals surface area contributed by atoms with Crippen LogP contribution in [0.4, 0.5) is 5.82 Å². The summed E-state index contributed by atoms with van der Waals surface area (Å²) < 4.78 is 17.1. The van der Waals surface area contributed by atoms with Crippen LogP contribution in [-0.4, -0.2) is 60.2 Å². The highest BCUT2D eigenvalue weighted by Gasteiger charge is 2.15. The second-order valence-electron chi connectivity index (χ2n) is 9.84. The third-order valence-corrected chi connectivity index (χ3v) is 6.78. The van der Waals surface area contributed by atoms with E-state index in [2.05, 4.69) is 17.5 Å². The molecule has 39 heavy (non-hydrogen) atoms. The first kappa shape index (κ1) is 28.4. The van der Waals surface area contributed by atoms with E-state index in [1.165, 1.54) is 25.7 Å². The lowest BCUT2D eigenvalue weighted by Gasteiger charge is -2.21. The van der Waals surface area contributed by atoms with Crippen molar-refractivity contribution in [1.29, 1.82) is 0 Å². The van der Waals surface area contributed by atoms with Gasteiger partial charge in [-0.3, -0.25) is 9.69 Å². The Bertz CT molecular complexity index is 1200. The monoisotopic (exact) mass is 532 g/mol. The Kier molecular flexibility index (Phi) is 10.5. The quantitative estimate of drug-likeness (QED) is 0.208. The minimum Gasteiger partial charge on any atom is -0.493 e. The molecule has 2 aromatic heterocycles. The number of anilines is 1. The van der Waals surface area contributed by atoms with Crippen molar-refractivity contribution in [3.63, 3.8) is 0 Å². The summed E-state index contributed by atoms with van der Waals surface area (Å²) in [6, 6.07) is 12.0. The van der Waals surface area contributed by atoms with Gasteiger partial charge in [-0.15, -0.1) is 6.58 Å². The molecule has 0 N–H and O–H groups in total. The average molecular weight is 533 g/mol. The van der Waals surface area contributed by atoms with Gasteiger partial charge in [-0.05, 0) is 56.5 Å². The number of rotatable bonds is 13. The van der Waals surface area contributed by atoms with Gasteiger partial charge in [0, 0.05) is 38.8 Å². The topological polar surface area (TPSA) is 80.9 Å². The highest BCUT2D eigenvalue weighted by molar-refractivity contribution is 5.71. The number of pyridine rings is 1. The van der Waals surface area contributed by atoms with Gasteiger partial charge >= 0.3 is 5.97 Å². The predicted octanol–water partition coefficient (Wildman–Crippen LogP) is 5.60. The Morgan fingerprint density at radius 1 is 1.18 bits per heavy atom. The maximum absolute atomic E-state index is 11.9. The number of hydrogen-bond donors (Lipinski definition) is 0. The Hall–Kier alpha value is -3.65. The number of aromatic nitrogens is 2. The number of nitrogens with zero attached hydrogens (tertiary/aromatic N) is 4. The van der Waals surface area contributed by atoms with Crippen molar-refractivity contribution in [1.82, 2.24) is 14.9 Å². The lowest BCUT2D eigenvalue weighted by Crippen LogP contribution is -2.30. The van der Waals surface area contributed by atoms with Gasteiger partial charge in [0.05, 0.1) is 31.0 Å². The summed E-state index contributed by atoms with van der Waals surface area (Å²) in [5.74, 6) is 2.93. The lowest BCUT2D eigenvalue weighted by molar-refractivity contribution is -0.144. The van der Waals surface area contributed by atoms with Crippen LogP contribution in [0.3, 0.4) is 0 Å². The van der Waals surface area contributed by atoms with Gasteiger partial charge in [0.25, 0.3) is 0 Å². The molecule has 1 saturated heterocycles. The molecule has 8 nitrogen and oxygen atoms in total. The van der Waals surface area contributed by atoms with E-state index in [1.807, 2.05) is 55.3 Å². The van der Waals surface area contributed by atoms with Crippen LogP contribution in [-0.2, 0) is 22.5 Å². The van der Waals surface area contributed by atoms with Gasteiger partial charge in [-0.2, -0.15) is 0 Å². The summed E-state index contributed by atoms with van der Waals surface area (Å²) in [5, 5.41) is 0. The molecular weight excluding hydrogens is 492 g/mol. The van der Waals surface area contributed by atoms with Gasteiger partial charge < -0.3 is 18.8 Å². The van der Waals surface area contributed by atoms with Gasteiger partial charge in [-0.1, -0.05) is 31.1 Å². The second kappa shape index (κ2) is 14.5. The van der Waals surface area contributed by atoms with E-state index >= 15 is 0 Å². The van der Waals surface area contributed by atoms with Crippen LogP contribution in [0.15, 0.2) is 59.7 Å². The molecule has 208 valence electrons. The van der Waals surface area contributed by atoms with Crippen molar-refractivity contribution in [2.24, 2.45) is 0 Å². The minimum atomic E-state index is -0.238. The van der Waals surface area contributed by atoms with Crippen molar-refractivity contribution in [2.75, 3.05) is 44.3 Å². The zero-order chi connectivity index (χ0) is 27.5. The maximum Gasteiger partial charge on any atom is 0.320 e. The molecule has 1 fully saturated rings. The van der Waals surface area contributed by atoms with Crippen molar-refractivity contribution >= 4 is 11.8 Å². The molecule has 1 aromatic carbocycles. The summed E-state index contributed by atoms with van der Waals surface area (Å²) >= 11 is 0. The smallest absolute Gasteiger partial charge is 0.320 e. The summed E-state index contributed by atoms with van der Waals surface area (Å²) in [7, 11) is 0. The molecule has 1 aliphatic rings. The van der Waals surface area contributed by atoms with E-state index < -0.39 is 0 Å². The fraction of sp³-hybridized carbons (Fsp3) is 0.452. The highest BCUT2D eigenvalue weighted by Crippen LogP contribution is 2.25. The Labute approximate surface area is 231 Å². The number of hydrogen-bond acceptors (Lipinski definition) is 8. The molecule has 0 aliphatic carbocycles. The molecule has 3 aromatic rings. The molecule has 0 atom stereocenters. The second-order valence-corrected chi connectivity index (χ2v) is 9.84. The van der Waals surface area contributed by atoms with Gasteiger partial charge in [-0.25, -0.2) is 9.97 Å². The fourth-order valence-corrected chi connectivity index (χ4v) is 4.80. The molecular formula is C31H40N4O4. The standard InChI is InChI=1S/C31H40N4O4/c1-4-16-34(23-30(36)37-5-2)22-25-11-10-12-27(20-25)38-19-15-28-24(3)39-31(33-28)26-13-14-29(32-21-26)35-17-8-6-7-9-18-35/h4,10-14,20-21H,1,5-9,15-19,22-23H2,2-3H3. The van der Waals surface area contributed by atoms with E-state index in [4.69, 9.17) is 23.9 Å². The summed E-state index contributed by atoms with van der Waals surface area (Å²) in [4.78, 5) is 25.7. The van der Waals surface area contributed by atoms with Crippen LogP contribution in [0.25, 0.3) is 11.5 Å². The zero-order valence-corrected chi connectivity index (χ0v) is 23.2. The van der Waals surface area contributed by atoms with Crippen LogP contribution in [0.2, 0.25) is 0 Å². The van der Waals surface area contributed by atoms with Crippen LogP contribution in [0.1, 0.15) is 49.6 Å². The van der Waals surface area contributed by atoms with Crippen molar-refractivity contribution in [3.8, 4) is 17.2 Å². The molecule has 0 radical (unpaired) electrons. The van der Waals surface area contributed by atoms with E-state index in [0.717, 1.165) is 47.2 Å². The number of oxazole rings is 1. The van der Waals surface area contributed by atoms with E-state index in [9.17, 15) is 4.79 Å². The summed E-state index contributed by atoms with van der Waals surface area (Å²) in [6.07, 6.45) is 9.32. The Balaban J connectivity index is 1.31. The molecule has 1 aliphatic heterocycles. The average Bonchev–Trinajstić information content (AvgIpc) is 3.11. The molecule has 0 amide bonds. The first-order valence-corrected chi connectivity index (χ1v) is 13.9. The maximum atomic E-state index is 11.9. The molecule has 0 spiro atoms. The molecule has 8 heteroatoms. The summed E-state index contributed by atoms with van der Waals surface area (Å²) in [5.41, 5.74) is 2.81. The number of esters is 1. The fourth-order valence-electron chi connectivity index (χ4n) is 4.80. The Morgan fingerprint density at radius 2 is 2.00 bits per heavy atom. The minimum absolute atomic E-state index is 0.217. The molecule has 4 rings (SSSR count). The van der Waals surface area contributed by atoms with Crippen molar-refractivity contribution in [3.05, 3.63) is 72.3 Å². The highest BCUT2D eigenvalue weighted by atomic mass is 16.5. The Morgan fingerprint density at radius 3 is 2.72 bits per heavy atom. The lowest BCUT2D eigenvalue weighted by atomic mass is 10.2. The third-order valence-electron chi connectivity index (χ3n) is 6.78. The molecule has 0 saturated carbocycles. The van der Waals surface area contributed by atoms with E-state index in [0.29, 0.717) is 38.6 Å². The van der Waals surface area contributed by atoms with Crippen LogP contribution < -0.4 is 9.64 Å². The van der Waals surface area contributed by atoms with Gasteiger partial charge in [0.15, 0.2) is 0 Å². The summed E-state index contributed by atoms with van der Waals surface area (Å²) in [6.45, 7) is 11.9. The normalized spacial score (nSPS) is 13.8. The van der Waals surface area contributed by atoms with Gasteiger partial charge in [0.1, 0.15) is 17.3 Å². The largest absolute Gasteiger partial charge is 0.493 e. The molecule has 3 heterocycles. The predicted molar refractivity (Wildman–Crippen MR) is 153 cm³/mol. The molecule has 0 unspecified atom stereocenters. The van der Waals surface area contributed by atoms with Crippen molar-refractivity contribution < 1.29 is 18.7 Å². The van der Waals surface area contributed by atoms with E-state index in [1.54, 1.807) is 6.08 Å². The SMILES string of the molecule is C=CCN(CC(=O)OCC)Cc1cccc(OCCc2nc(-c3ccc(N4CCCCCC4)nc3)oc2C)c1. The third kappa shape index (κ3) is 8.42. The first-order valence-electron chi connectivity index (χ1n) is 13.9. The van der Waals surface area contributed by atoms with Crippen LogP contribution in [0, 0.1) is 6.92 Å². The van der Waals surface area contributed by atoms with E-state index in [-0.39, 0.29) is 12.5 Å². The number of aryl methyl sites for hydroxylation is 1. The first-order chi connectivity index (χ1) is 19.1. The van der Waals surface area contributed by atoms with Gasteiger partial charge in [0.2, 0.25) is 5.89 Å². The number of carbonyl (C=O) groups excluding carboxylic acids is 1. The van der Waals surface area contributed by atoms with Crippen LogP contribution >= 0.6 is 0 Å². The number of carbonyl (C=O) groups is 1. The number of benzene rings is 1. The van der Waals surface area contributed by atoms with Crippen LogP contribution in [0.5, 0.6) is 5.75 Å². The van der Waals surface area contributed by atoms with Crippen molar-refractivity contribution in [2.45, 2.75) is 52.5 Å². The zero-order valence-electron chi connectivity index (χ0n) is 23.2.